The van der Waals surface area contributed by atoms with Crippen LogP contribution in [0, 0.1) is 40.2 Å². The Balaban J connectivity index is 1.55. The predicted octanol–water partition coefficient (Wildman–Crippen LogP) is 4.95. The number of halogens is 4. The summed E-state index contributed by atoms with van der Waals surface area (Å²) >= 11 is 0. The van der Waals surface area contributed by atoms with Crippen molar-refractivity contribution in [1.29, 1.82) is 0 Å². The molecule has 0 heterocycles. The summed E-state index contributed by atoms with van der Waals surface area (Å²) in [5.41, 5.74) is -8.69. The molecule has 0 saturated heterocycles. The minimum absolute atomic E-state index is 0.0607. The van der Waals surface area contributed by atoms with Gasteiger partial charge in [-0.2, -0.15) is 0 Å². The van der Waals surface area contributed by atoms with Crippen LogP contribution in [0.1, 0.15) is 63.7 Å². The lowest BCUT2D eigenvalue weighted by atomic mass is 9.44. The fourth-order valence-corrected chi connectivity index (χ4v) is 8.54. The molecule has 0 unspecified atom stereocenters. The van der Waals surface area contributed by atoms with Gasteiger partial charge in [-0.05, 0) is 62.0 Å². The summed E-state index contributed by atoms with van der Waals surface area (Å²) in [5, 5.41) is 11.6. The first-order valence-corrected chi connectivity index (χ1v) is 14.4. The Morgan fingerprint density at radius 3 is 2.37 bits per heavy atom. The number of alkyl halides is 2. The van der Waals surface area contributed by atoms with Gasteiger partial charge in [0.15, 0.2) is 18.1 Å². The summed E-state index contributed by atoms with van der Waals surface area (Å²) in [6.45, 7) is 4.99. The Kier molecular flexibility index (Phi) is 7.51. The molecule has 1 N–H and O–H groups in total. The molecule has 4 aliphatic carbocycles. The van der Waals surface area contributed by atoms with Gasteiger partial charge in [0.1, 0.15) is 17.8 Å². The average molecular weight is 607 g/mol. The lowest BCUT2D eigenvalue weighted by Gasteiger charge is -2.63. The van der Waals surface area contributed by atoms with E-state index in [1.165, 1.54) is 19.9 Å². The molecular formula is C32H34F4O7. The maximum atomic E-state index is 17.5. The van der Waals surface area contributed by atoms with Gasteiger partial charge in [-0.25, -0.2) is 22.4 Å². The van der Waals surface area contributed by atoms with Crippen molar-refractivity contribution in [2.75, 3.05) is 6.61 Å². The van der Waals surface area contributed by atoms with Gasteiger partial charge in [0, 0.05) is 29.1 Å². The topological polar surface area (TPSA) is 107 Å². The molecule has 11 heteroatoms. The van der Waals surface area contributed by atoms with Crippen molar-refractivity contribution in [1.82, 2.24) is 0 Å². The van der Waals surface area contributed by atoms with Gasteiger partial charge in [-0.3, -0.25) is 14.4 Å². The summed E-state index contributed by atoms with van der Waals surface area (Å²) in [4.78, 5) is 51.6. The van der Waals surface area contributed by atoms with Crippen molar-refractivity contribution >= 4 is 23.5 Å². The third-order valence-corrected chi connectivity index (χ3v) is 10.6. The Labute approximate surface area is 246 Å². The average Bonchev–Trinajstić information content (AvgIpc) is 3.16. The molecule has 0 aromatic heterocycles. The molecule has 232 valence electrons. The second-order valence-electron chi connectivity index (χ2n) is 12.7. The van der Waals surface area contributed by atoms with Gasteiger partial charge in [0.25, 0.3) is 0 Å². The summed E-state index contributed by atoms with van der Waals surface area (Å²) in [6.07, 6.45) is -0.863. The van der Waals surface area contributed by atoms with E-state index in [1.807, 2.05) is 0 Å². The van der Waals surface area contributed by atoms with Crippen LogP contribution in [0.5, 0.6) is 0 Å². The Morgan fingerprint density at radius 1 is 1.09 bits per heavy atom. The molecule has 4 aliphatic rings. The molecule has 3 fully saturated rings. The van der Waals surface area contributed by atoms with Gasteiger partial charge in [-0.15, -0.1) is 0 Å². The van der Waals surface area contributed by atoms with E-state index in [4.69, 9.17) is 9.47 Å². The van der Waals surface area contributed by atoms with Crippen molar-refractivity contribution < 1.29 is 51.3 Å². The number of allylic oxidation sites excluding steroid dienone is 4. The summed E-state index contributed by atoms with van der Waals surface area (Å²) in [5.74, 6) is -8.76. The highest BCUT2D eigenvalue weighted by Gasteiger charge is 2.78. The van der Waals surface area contributed by atoms with Gasteiger partial charge >= 0.3 is 11.9 Å². The quantitative estimate of drug-likeness (QED) is 0.278. The van der Waals surface area contributed by atoms with Crippen LogP contribution in [-0.2, 0) is 23.9 Å². The molecule has 0 bridgehead atoms. The number of hydrogen-bond donors (Lipinski definition) is 1. The SMILES string of the molecule is CCC(=O)O[C@]1(C(=O)OCC(=O)c2c(F)cccc2F)[C@H](C)C[C@H]2[C@@H]3C[C@H](F)C4=CC(=O)C=C[C@]4(C)[C@@]3(F)[C@@H](O)C[C@@]21C. The number of esters is 2. The van der Waals surface area contributed by atoms with E-state index in [-0.39, 0.29) is 24.8 Å². The van der Waals surface area contributed by atoms with E-state index in [2.05, 4.69) is 0 Å². The number of ether oxygens (including phenoxy) is 2. The number of aliphatic hydroxyl groups excluding tert-OH is 1. The number of benzene rings is 1. The first-order valence-electron chi connectivity index (χ1n) is 14.4. The molecule has 0 amide bonds. The third-order valence-electron chi connectivity index (χ3n) is 10.6. The highest BCUT2D eigenvalue weighted by molar-refractivity contribution is 6.01. The zero-order valence-electron chi connectivity index (χ0n) is 24.3. The first-order chi connectivity index (χ1) is 20.1. The normalized spacial score (nSPS) is 39.7. The van der Waals surface area contributed by atoms with Crippen LogP contribution in [-0.4, -0.2) is 58.8 Å². The summed E-state index contributed by atoms with van der Waals surface area (Å²) in [7, 11) is 0. The van der Waals surface area contributed by atoms with Gasteiger partial charge < -0.3 is 14.6 Å². The highest BCUT2D eigenvalue weighted by atomic mass is 19.2. The molecule has 5 rings (SSSR count). The molecular weight excluding hydrogens is 572 g/mol. The standard InChI is InChI=1S/C32H34F4O7/c1-5-26(40)43-32(28(41)42-15-24(38)27-21(33)7-6-8-22(27)34)16(2)11-18-19-13-23(35)20-12-17(37)9-10-29(20,3)31(19,36)25(39)14-30(18,32)4/h6-10,12,16,18-19,23,25,39H,5,11,13-15H2,1-4H3/t16-,18+,19+,23+,25+,29+,30+,31+,32+/m1/s1. The second-order valence-corrected chi connectivity index (χ2v) is 12.7. The zero-order valence-corrected chi connectivity index (χ0v) is 24.3. The fraction of sp³-hybridized carbons (Fsp3) is 0.562. The number of carbonyl (C=O) groups is 4. The molecule has 43 heavy (non-hydrogen) atoms. The van der Waals surface area contributed by atoms with E-state index in [0.717, 1.165) is 30.4 Å². The number of carbonyl (C=O) groups excluding carboxylic acids is 4. The largest absolute Gasteiger partial charge is 0.454 e. The van der Waals surface area contributed by atoms with E-state index >= 15 is 8.78 Å². The molecule has 9 atom stereocenters. The predicted molar refractivity (Wildman–Crippen MR) is 144 cm³/mol. The first kappa shape index (κ1) is 31.1. The van der Waals surface area contributed by atoms with E-state index in [1.54, 1.807) is 13.8 Å². The lowest BCUT2D eigenvalue weighted by Crippen LogP contribution is -2.71. The van der Waals surface area contributed by atoms with Crippen LogP contribution < -0.4 is 0 Å². The molecule has 0 spiro atoms. The number of aliphatic hydroxyl groups is 1. The molecule has 1 aromatic rings. The smallest absolute Gasteiger partial charge is 0.351 e. The monoisotopic (exact) mass is 606 g/mol. The van der Waals surface area contributed by atoms with Crippen LogP contribution in [0.4, 0.5) is 17.6 Å². The van der Waals surface area contributed by atoms with Crippen LogP contribution >= 0.6 is 0 Å². The molecule has 0 radical (unpaired) electrons. The van der Waals surface area contributed by atoms with E-state index in [9.17, 15) is 33.1 Å². The number of fused-ring (bicyclic) bond motifs is 5. The van der Waals surface area contributed by atoms with Crippen molar-refractivity contribution in [3.8, 4) is 0 Å². The third kappa shape index (κ3) is 4.17. The Morgan fingerprint density at radius 2 is 1.74 bits per heavy atom. The van der Waals surface area contributed by atoms with Crippen molar-refractivity contribution in [3.63, 3.8) is 0 Å². The highest BCUT2D eigenvalue weighted by Crippen LogP contribution is 2.71. The van der Waals surface area contributed by atoms with Crippen LogP contribution in [0.2, 0.25) is 0 Å². The fourth-order valence-electron chi connectivity index (χ4n) is 8.54. The van der Waals surface area contributed by atoms with Crippen LogP contribution in [0.3, 0.4) is 0 Å². The zero-order chi connectivity index (χ0) is 31.7. The number of Topliss-reactive ketones (excluding diaryl/α,β-unsaturated/α-hetero) is 1. The minimum atomic E-state index is -2.43. The Bertz CT molecular complexity index is 1440. The second kappa shape index (κ2) is 10.4. The number of hydrogen-bond acceptors (Lipinski definition) is 7. The maximum absolute atomic E-state index is 17.5. The van der Waals surface area contributed by atoms with Crippen molar-refractivity contribution in [3.05, 3.63) is 59.2 Å². The van der Waals surface area contributed by atoms with E-state index in [0.29, 0.717) is 0 Å². The number of rotatable bonds is 6. The van der Waals surface area contributed by atoms with Gasteiger partial charge in [-0.1, -0.05) is 32.9 Å². The number of ketones is 2. The molecule has 7 nitrogen and oxygen atoms in total. The van der Waals surface area contributed by atoms with Crippen molar-refractivity contribution in [2.45, 2.75) is 76.9 Å². The van der Waals surface area contributed by atoms with E-state index < -0.39 is 106 Å². The van der Waals surface area contributed by atoms with Crippen LogP contribution in [0.15, 0.2) is 42.0 Å². The van der Waals surface area contributed by atoms with Crippen LogP contribution in [0.25, 0.3) is 0 Å². The van der Waals surface area contributed by atoms with Crippen molar-refractivity contribution in [2.24, 2.45) is 28.6 Å². The van der Waals surface area contributed by atoms with Gasteiger partial charge in [0.05, 0.1) is 11.7 Å². The molecule has 0 aliphatic heterocycles. The Hall–Kier alpha value is -3.34. The maximum Gasteiger partial charge on any atom is 0.351 e. The summed E-state index contributed by atoms with van der Waals surface area (Å²) in [6, 6.07) is 2.82. The molecule has 3 saturated carbocycles. The molecule has 1 aromatic carbocycles. The summed E-state index contributed by atoms with van der Waals surface area (Å²) < 4.78 is 72.8. The minimum Gasteiger partial charge on any atom is -0.454 e. The van der Waals surface area contributed by atoms with Gasteiger partial charge in [0.2, 0.25) is 11.4 Å². The lowest BCUT2D eigenvalue weighted by molar-refractivity contribution is -0.238.